The molecule has 1 atom stereocenters. The number of aliphatic hydroxyl groups is 1. The normalized spacial score (nSPS) is 16.8. The predicted molar refractivity (Wildman–Crippen MR) is 120 cm³/mol. The molecule has 0 aliphatic carbocycles. The molecule has 1 aromatic heterocycles. The molecule has 0 spiro atoms. The first-order valence-electron chi connectivity index (χ1n) is 8.67. The molecule has 0 saturated carbocycles. The standard InChI is InChI=1S/C18H18ClN3OS2.C2H6/c1-11(2)15(12-7-5-4-6-8-12)16(23)22(3)18-21-13(10-24-18)14-9-20-17(19)25-14;1-2/h4-9,13,23H,1,10H2,2-3H3;1-2H3/b16-15-;. The maximum absolute atomic E-state index is 10.8. The zero-order valence-electron chi connectivity index (χ0n) is 15.9. The molecule has 0 bridgehead atoms. The lowest BCUT2D eigenvalue weighted by Crippen LogP contribution is -2.23. The monoisotopic (exact) mass is 421 g/mol. The summed E-state index contributed by atoms with van der Waals surface area (Å²) in [5.74, 6) is 0.951. The maximum Gasteiger partial charge on any atom is 0.201 e. The molecule has 1 N–H and O–H groups in total. The number of aromatic nitrogens is 1. The van der Waals surface area contributed by atoms with Crippen LogP contribution < -0.4 is 0 Å². The molecule has 1 unspecified atom stereocenters. The van der Waals surface area contributed by atoms with Crippen LogP contribution in [0.25, 0.3) is 5.57 Å². The number of hydrogen-bond donors (Lipinski definition) is 1. The summed E-state index contributed by atoms with van der Waals surface area (Å²) < 4.78 is 0.522. The van der Waals surface area contributed by atoms with Crippen molar-refractivity contribution in [1.29, 1.82) is 0 Å². The van der Waals surface area contributed by atoms with Crippen molar-refractivity contribution in [2.45, 2.75) is 26.8 Å². The molecule has 0 amide bonds. The van der Waals surface area contributed by atoms with Gasteiger partial charge in [0.2, 0.25) is 5.88 Å². The van der Waals surface area contributed by atoms with Gasteiger partial charge in [0.15, 0.2) is 9.63 Å². The van der Waals surface area contributed by atoms with Crippen molar-refractivity contribution in [2.24, 2.45) is 4.99 Å². The second kappa shape index (κ2) is 9.97. The average molecular weight is 422 g/mol. The van der Waals surface area contributed by atoms with E-state index in [9.17, 15) is 5.11 Å². The van der Waals surface area contributed by atoms with Crippen molar-refractivity contribution in [3.63, 3.8) is 0 Å². The molecular formula is C20H24ClN3OS2. The highest BCUT2D eigenvalue weighted by Crippen LogP contribution is 2.36. The van der Waals surface area contributed by atoms with Gasteiger partial charge < -0.3 is 5.11 Å². The second-order valence-electron chi connectivity index (χ2n) is 5.66. The van der Waals surface area contributed by atoms with Gasteiger partial charge in [0, 0.05) is 24.6 Å². The van der Waals surface area contributed by atoms with Crippen LogP contribution in [-0.4, -0.2) is 33.0 Å². The van der Waals surface area contributed by atoms with E-state index in [0.717, 1.165) is 32.5 Å². The molecule has 27 heavy (non-hydrogen) atoms. The predicted octanol–water partition coefficient (Wildman–Crippen LogP) is 6.40. The van der Waals surface area contributed by atoms with Crippen LogP contribution in [-0.2, 0) is 0 Å². The third-order valence-corrected chi connectivity index (χ3v) is 6.11. The summed E-state index contributed by atoms with van der Waals surface area (Å²) in [4.78, 5) is 11.5. The Hall–Kier alpha value is -1.76. The fourth-order valence-electron chi connectivity index (χ4n) is 2.54. The first-order chi connectivity index (χ1) is 13.0. The van der Waals surface area contributed by atoms with Crippen LogP contribution in [0.4, 0.5) is 0 Å². The minimum absolute atomic E-state index is 0.0188. The zero-order valence-corrected chi connectivity index (χ0v) is 18.3. The minimum atomic E-state index is 0.0188. The summed E-state index contributed by atoms with van der Waals surface area (Å²) in [6.07, 6.45) is 1.77. The van der Waals surface area contributed by atoms with E-state index in [2.05, 4.69) is 11.6 Å². The highest BCUT2D eigenvalue weighted by molar-refractivity contribution is 8.14. The van der Waals surface area contributed by atoms with Gasteiger partial charge in [-0.15, -0.1) is 11.3 Å². The minimum Gasteiger partial charge on any atom is -0.494 e. The maximum atomic E-state index is 10.8. The molecule has 7 heteroatoms. The molecule has 0 fully saturated rings. The molecule has 4 nitrogen and oxygen atoms in total. The Kier molecular flexibility index (Phi) is 7.95. The second-order valence-corrected chi connectivity index (χ2v) is 8.29. The third-order valence-electron chi connectivity index (χ3n) is 3.78. The lowest BCUT2D eigenvalue weighted by molar-refractivity contribution is 0.306. The van der Waals surface area contributed by atoms with E-state index < -0.39 is 0 Å². The average Bonchev–Trinajstić information content (AvgIpc) is 3.32. The van der Waals surface area contributed by atoms with Crippen LogP contribution in [0.1, 0.15) is 37.3 Å². The van der Waals surface area contributed by atoms with Gasteiger partial charge in [-0.25, -0.2) is 4.98 Å². The Morgan fingerprint density at radius 2 is 1.96 bits per heavy atom. The summed E-state index contributed by atoms with van der Waals surface area (Å²) in [5, 5.41) is 11.6. The number of thioether (sulfide) groups is 1. The number of thiazole rings is 1. The first kappa shape index (κ1) is 21.5. The Morgan fingerprint density at radius 3 is 2.52 bits per heavy atom. The number of allylic oxidation sites excluding steroid dienone is 2. The fraction of sp³-hybridized carbons (Fsp3) is 0.300. The molecule has 3 rings (SSSR count). The van der Waals surface area contributed by atoms with Crippen molar-refractivity contribution in [3.8, 4) is 0 Å². The number of hydrogen-bond acceptors (Lipinski definition) is 6. The van der Waals surface area contributed by atoms with Gasteiger partial charge >= 0.3 is 0 Å². The van der Waals surface area contributed by atoms with Crippen molar-refractivity contribution < 1.29 is 5.11 Å². The highest BCUT2D eigenvalue weighted by Gasteiger charge is 2.26. The lowest BCUT2D eigenvalue weighted by Gasteiger charge is -2.21. The Bertz CT molecular complexity index is 846. The van der Waals surface area contributed by atoms with Gasteiger partial charge in [0.05, 0.1) is 10.9 Å². The number of nitrogens with zero attached hydrogens (tertiary/aromatic N) is 3. The third kappa shape index (κ3) is 5.15. The van der Waals surface area contributed by atoms with Crippen LogP contribution in [0.5, 0.6) is 0 Å². The largest absolute Gasteiger partial charge is 0.494 e. The van der Waals surface area contributed by atoms with Gasteiger partial charge in [-0.2, -0.15) is 0 Å². The summed E-state index contributed by atoms with van der Waals surface area (Å²) in [5.41, 5.74) is 2.44. The van der Waals surface area contributed by atoms with Crippen molar-refractivity contribution >= 4 is 45.4 Å². The molecule has 0 radical (unpaired) electrons. The van der Waals surface area contributed by atoms with Crippen molar-refractivity contribution in [3.05, 3.63) is 69.5 Å². The van der Waals surface area contributed by atoms with Crippen LogP contribution >= 0.6 is 34.7 Å². The molecule has 2 aromatic rings. The zero-order chi connectivity index (χ0) is 20.0. The summed E-state index contributed by atoms with van der Waals surface area (Å²) in [6.45, 7) is 9.90. The van der Waals surface area contributed by atoms with Gasteiger partial charge in [-0.1, -0.05) is 74.1 Å². The van der Waals surface area contributed by atoms with E-state index >= 15 is 0 Å². The van der Waals surface area contributed by atoms with E-state index in [-0.39, 0.29) is 11.9 Å². The molecule has 2 heterocycles. The number of benzene rings is 1. The van der Waals surface area contributed by atoms with Crippen LogP contribution in [0, 0.1) is 0 Å². The molecular weight excluding hydrogens is 398 g/mol. The smallest absolute Gasteiger partial charge is 0.201 e. The molecule has 1 aromatic carbocycles. The van der Waals surface area contributed by atoms with E-state index in [1.54, 1.807) is 22.9 Å². The van der Waals surface area contributed by atoms with E-state index in [4.69, 9.17) is 16.6 Å². The van der Waals surface area contributed by atoms with Gasteiger partial charge in [0.25, 0.3) is 0 Å². The van der Waals surface area contributed by atoms with Crippen molar-refractivity contribution in [2.75, 3.05) is 12.8 Å². The number of aliphatic hydroxyl groups excluding tert-OH is 1. The Labute approximate surface area is 174 Å². The molecule has 0 saturated heterocycles. The quantitative estimate of drug-likeness (QED) is 0.458. The summed E-state index contributed by atoms with van der Waals surface area (Å²) in [7, 11) is 1.81. The topological polar surface area (TPSA) is 48.7 Å². The molecule has 1 aliphatic rings. The van der Waals surface area contributed by atoms with Crippen LogP contribution in [0.3, 0.4) is 0 Å². The van der Waals surface area contributed by atoms with Crippen LogP contribution in [0.15, 0.2) is 59.6 Å². The van der Waals surface area contributed by atoms with Gasteiger partial charge in [-0.3, -0.25) is 9.89 Å². The number of aliphatic imine (C=N–C) groups is 1. The number of halogens is 1. The summed E-state index contributed by atoms with van der Waals surface area (Å²) >= 11 is 8.96. The Morgan fingerprint density at radius 1 is 1.30 bits per heavy atom. The van der Waals surface area contributed by atoms with Gasteiger partial charge in [0.1, 0.15) is 0 Å². The number of amidine groups is 1. The number of rotatable bonds is 4. The Balaban J connectivity index is 0.00000126. The lowest BCUT2D eigenvalue weighted by atomic mass is 10.0. The first-order valence-corrected chi connectivity index (χ1v) is 10.9. The van der Waals surface area contributed by atoms with Gasteiger partial charge in [-0.05, 0) is 18.1 Å². The highest BCUT2D eigenvalue weighted by atomic mass is 35.5. The molecule has 1 aliphatic heterocycles. The summed E-state index contributed by atoms with van der Waals surface area (Å²) in [6, 6.07) is 9.76. The fourth-order valence-corrected chi connectivity index (χ4v) is 4.68. The van der Waals surface area contributed by atoms with Crippen molar-refractivity contribution in [1.82, 2.24) is 9.88 Å². The molecule has 144 valence electrons. The SMILES string of the molecule is C=C(C)/C(=C(/O)N(C)C1=NC(c2cnc(Cl)s2)CS1)c1ccccc1.CC. The van der Waals surface area contributed by atoms with E-state index in [0.29, 0.717) is 4.47 Å². The van der Waals surface area contributed by atoms with E-state index in [1.165, 1.54) is 11.3 Å². The van der Waals surface area contributed by atoms with E-state index in [1.807, 2.05) is 58.2 Å². The van der Waals surface area contributed by atoms with Crippen LogP contribution in [0.2, 0.25) is 4.47 Å².